The van der Waals surface area contributed by atoms with Gasteiger partial charge in [0.05, 0.1) is 37.8 Å². The van der Waals surface area contributed by atoms with E-state index in [1.165, 1.54) is 50.3 Å². The summed E-state index contributed by atoms with van der Waals surface area (Å²) in [6, 6.07) is 28.7. The Kier molecular flexibility index (Phi) is 47.7. The van der Waals surface area contributed by atoms with Crippen LogP contribution in [0.4, 0.5) is 0 Å². The van der Waals surface area contributed by atoms with Gasteiger partial charge >= 0.3 is 23.9 Å². The summed E-state index contributed by atoms with van der Waals surface area (Å²) in [5.74, 6) is -5.00. The second-order valence-corrected chi connectivity index (χ2v) is 24.0. The standard InChI is InChI=1S/C10H8.C7H10O3S.C7H12.C6H6.4C4H8O5S.4C2H6/c1-2-6-10-8-4-3-7-9(10)5-1;8-11(9)7-3-4-1-5(7)6(2-4)10-11;1-2-7-4-3-6(1)5-7;1-2-4-6-5-3-1;4*1-2-9-4(5)3-10(6,7)8;4*1-2/h1-8H;4-7H,1-3H2;6-7H,1-5H2;1-6H;4*2-3H2,1H3,(H,6,7,8);4*1-2H3/p-4. The highest BCUT2D eigenvalue weighted by molar-refractivity contribution is 7.88. The second kappa shape index (κ2) is 46.7. The van der Waals surface area contributed by atoms with Crippen LogP contribution in [-0.4, -0.2) is 145 Å². The van der Waals surface area contributed by atoms with Crippen LogP contribution >= 0.6 is 0 Å². The molecule has 1 aliphatic heterocycles. The number of carbonyl (C=O) groups is 4. The molecule has 82 heavy (non-hydrogen) atoms. The Balaban J connectivity index is -0.000000418. The van der Waals surface area contributed by atoms with Gasteiger partial charge in [-0.1, -0.05) is 166 Å². The van der Waals surface area contributed by atoms with Crippen LogP contribution in [0.1, 0.15) is 134 Å². The summed E-state index contributed by atoms with van der Waals surface area (Å²) in [6.07, 6.45) is 10.8. The van der Waals surface area contributed by atoms with Gasteiger partial charge in [-0.25, -0.2) is 33.7 Å². The first-order valence-corrected chi connectivity index (χ1v) is 34.9. The molecular weight excluding hydrogens is 1180 g/mol. The van der Waals surface area contributed by atoms with Crippen LogP contribution in [0.15, 0.2) is 84.9 Å². The van der Waals surface area contributed by atoms with E-state index in [1.807, 2.05) is 91.8 Å². The zero-order valence-electron chi connectivity index (χ0n) is 49.3. The molecule has 3 aromatic carbocycles. The van der Waals surface area contributed by atoms with Gasteiger partial charge in [-0.15, -0.1) is 0 Å². The third-order valence-corrected chi connectivity index (χ3v) is 14.8. The largest absolute Gasteiger partial charge is 0.748 e. The number of hydrogen-bond donors (Lipinski definition) is 0. The number of carbonyl (C=O) groups excluding carboxylic acids is 4. The zero-order chi connectivity index (χ0) is 64.2. The molecule has 476 valence electrons. The topological polar surface area (TPSA) is 377 Å². The van der Waals surface area contributed by atoms with E-state index in [2.05, 4.69) is 67.5 Å². The molecule has 4 unspecified atom stereocenters. The molecule has 4 bridgehead atoms. The number of ether oxygens (including phenoxy) is 4. The third-order valence-electron chi connectivity index (χ3n) is 10.7. The van der Waals surface area contributed by atoms with E-state index < -0.39 is 97.5 Å². The van der Waals surface area contributed by atoms with E-state index in [-0.39, 0.29) is 37.8 Å². The van der Waals surface area contributed by atoms with Crippen molar-refractivity contribution in [2.45, 2.75) is 146 Å². The average Bonchev–Trinajstić information content (AvgIpc) is 4.25. The summed E-state index contributed by atoms with van der Waals surface area (Å²) in [5.41, 5.74) is 0. The van der Waals surface area contributed by atoms with Crippen molar-refractivity contribution in [3.8, 4) is 0 Å². The SMILES string of the molecule is C1CC2CCC1C2.CC.CC.CC.CC.CCOC(=O)CS(=O)(=O)[O-].CCOC(=O)CS(=O)(=O)[O-].CCOC(=O)CS(=O)(=O)[O-].CCOC(=O)CS(=O)(=O)[O-].O=S1(=O)OC2CC3CC2C1C3.c1ccc2ccccc2c1.c1ccccc1. The molecule has 23 nitrogen and oxygen atoms in total. The Morgan fingerprint density at radius 2 is 0.683 bits per heavy atom. The Morgan fingerprint density at radius 3 is 0.854 bits per heavy atom. The maximum atomic E-state index is 11.3. The minimum absolute atomic E-state index is 0.0590. The van der Waals surface area contributed by atoms with Crippen LogP contribution in [0.2, 0.25) is 0 Å². The molecule has 4 atom stereocenters. The molecule has 0 radical (unpaired) electrons. The van der Waals surface area contributed by atoms with Gasteiger partial charge in [-0.2, -0.15) is 8.42 Å². The summed E-state index contributed by atoms with van der Waals surface area (Å²) >= 11 is 0. The number of fused-ring (bicyclic) bond motifs is 4. The predicted octanol–water partition coefficient (Wildman–Crippen LogP) is 7.72. The summed E-state index contributed by atoms with van der Waals surface area (Å²) in [6.45, 7) is 22.4. The van der Waals surface area contributed by atoms with Crippen molar-refractivity contribution in [2.24, 2.45) is 23.7 Å². The Bertz CT molecular complexity index is 2450. The Labute approximate surface area is 489 Å². The van der Waals surface area contributed by atoms with Crippen LogP contribution in [0, 0.1) is 23.7 Å². The van der Waals surface area contributed by atoms with Crippen LogP contribution in [0.25, 0.3) is 10.8 Å². The number of benzene rings is 3. The minimum Gasteiger partial charge on any atom is -0.748 e. The quantitative estimate of drug-likeness (QED) is 0.0724. The predicted molar refractivity (Wildman–Crippen MR) is 309 cm³/mol. The Hall–Kier alpha value is -4.65. The molecule has 5 fully saturated rings. The van der Waals surface area contributed by atoms with Crippen molar-refractivity contribution in [2.75, 3.05) is 49.4 Å². The molecule has 1 saturated heterocycles. The lowest BCUT2D eigenvalue weighted by atomic mass is 9.98. The van der Waals surface area contributed by atoms with Crippen molar-refractivity contribution in [3.05, 3.63) is 84.9 Å². The fourth-order valence-corrected chi connectivity index (χ4v) is 11.4. The van der Waals surface area contributed by atoms with E-state index >= 15 is 0 Å². The van der Waals surface area contributed by atoms with Crippen molar-refractivity contribution in [1.82, 2.24) is 0 Å². The molecule has 8 rings (SSSR count). The van der Waals surface area contributed by atoms with Gasteiger partial charge < -0.3 is 37.2 Å². The van der Waals surface area contributed by atoms with E-state index in [1.54, 1.807) is 32.1 Å². The lowest BCUT2D eigenvalue weighted by Gasteiger charge is -2.11. The Morgan fingerprint density at radius 1 is 0.427 bits per heavy atom. The first kappa shape index (κ1) is 83.8. The van der Waals surface area contributed by atoms with Gasteiger partial charge in [0.15, 0.2) is 0 Å². The van der Waals surface area contributed by atoms with E-state index in [9.17, 15) is 79.5 Å². The fraction of sp³-hybridized carbons (Fsp3) is 0.630. The van der Waals surface area contributed by atoms with Gasteiger partial charge in [0.25, 0.3) is 10.1 Å². The van der Waals surface area contributed by atoms with Crippen LogP contribution in [0.3, 0.4) is 0 Å². The van der Waals surface area contributed by atoms with Gasteiger partial charge in [0.1, 0.15) is 63.5 Å². The van der Waals surface area contributed by atoms with Crippen LogP contribution < -0.4 is 0 Å². The fourth-order valence-electron chi connectivity index (χ4n) is 7.99. The first-order valence-electron chi connectivity index (χ1n) is 27.1. The third kappa shape index (κ3) is 44.9. The molecule has 0 amide bonds. The molecule has 5 aliphatic rings. The smallest absolute Gasteiger partial charge is 0.319 e. The molecule has 0 N–H and O–H groups in total. The molecule has 4 aliphatic carbocycles. The monoisotopic (exact) mass is 1260 g/mol. The molecule has 0 aromatic heterocycles. The van der Waals surface area contributed by atoms with E-state index in [0.29, 0.717) is 11.8 Å². The molecule has 0 spiro atoms. The van der Waals surface area contributed by atoms with E-state index in [0.717, 1.165) is 19.3 Å². The number of hydrogen-bond acceptors (Lipinski definition) is 23. The number of rotatable bonds is 12. The normalized spacial score (nSPS) is 19.2. The van der Waals surface area contributed by atoms with Gasteiger partial charge in [-0.05, 0) is 81.9 Å². The second-order valence-electron chi connectivity index (χ2n) is 16.6. The number of esters is 4. The summed E-state index contributed by atoms with van der Waals surface area (Å²) < 4.78 is 163. The van der Waals surface area contributed by atoms with Crippen LogP contribution in [0.5, 0.6) is 0 Å². The highest BCUT2D eigenvalue weighted by Crippen LogP contribution is 2.54. The summed E-state index contributed by atoms with van der Waals surface area (Å²) in [4.78, 5) is 41.0. The zero-order valence-corrected chi connectivity index (χ0v) is 53.4. The van der Waals surface area contributed by atoms with Crippen molar-refractivity contribution >= 4 is 85.2 Å². The highest BCUT2D eigenvalue weighted by atomic mass is 32.2. The highest BCUT2D eigenvalue weighted by Gasteiger charge is 2.59. The maximum absolute atomic E-state index is 11.3. The molecule has 4 saturated carbocycles. The van der Waals surface area contributed by atoms with Gasteiger partial charge in [0.2, 0.25) is 0 Å². The maximum Gasteiger partial charge on any atom is 0.319 e. The van der Waals surface area contributed by atoms with Crippen molar-refractivity contribution < 1.29 is 103 Å². The molecule has 1 heterocycles. The van der Waals surface area contributed by atoms with Crippen molar-refractivity contribution in [1.29, 1.82) is 0 Å². The summed E-state index contributed by atoms with van der Waals surface area (Å²) in [5, 5.41) is 2.49. The van der Waals surface area contributed by atoms with Gasteiger partial charge in [-0.3, -0.25) is 23.4 Å². The van der Waals surface area contributed by atoms with Crippen LogP contribution in [-0.2, 0) is 92.9 Å². The minimum atomic E-state index is -4.47. The summed E-state index contributed by atoms with van der Waals surface area (Å²) in [7, 11) is -21.0. The lowest BCUT2D eigenvalue weighted by Crippen LogP contribution is -2.21. The van der Waals surface area contributed by atoms with Crippen molar-refractivity contribution in [3.63, 3.8) is 0 Å². The molecule has 28 heteroatoms. The average molecular weight is 1270 g/mol. The van der Waals surface area contributed by atoms with E-state index in [4.69, 9.17) is 4.18 Å². The first-order chi connectivity index (χ1) is 38.4. The lowest BCUT2D eigenvalue weighted by molar-refractivity contribution is -0.141. The molecular formula is C54H88O23S5-4. The molecule has 3 aromatic rings. The van der Waals surface area contributed by atoms with Gasteiger partial charge in [0, 0.05) is 5.92 Å².